The Hall–Kier alpha value is -3.09. The third kappa shape index (κ3) is 7.75. The van der Waals surface area contributed by atoms with Crippen LogP contribution in [0.3, 0.4) is 0 Å². The van der Waals surface area contributed by atoms with Crippen LogP contribution in [0.15, 0.2) is 99.6 Å². The molecule has 178 valence electrons. The first-order chi connectivity index (χ1) is 16.6. The molecule has 0 saturated carbocycles. The lowest BCUT2D eigenvalue weighted by atomic mass is 10.1. The van der Waals surface area contributed by atoms with Crippen molar-refractivity contribution in [1.82, 2.24) is 4.90 Å². The lowest BCUT2D eigenvalue weighted by molar-refractivity contribution is -0.148. The van der Waals surface area contributed by atoms with Gasteiger partial charge in [-0.3, -0.25) is 14.5 Å². The zero-order valence-electron chi connectivity index (χ0n) is 19.8. The Bertz CT molecular complexity index is 966. The first kappa shape index (κ1) is 25.5. The Kier molecular flexibility index (Phi) is 10.2. The average Bonchev–Trinajstić information content (AvgIpc) is 2.85. The lowest BCUT2D eigenvalue weighted by Crippen LogP contribution is -2.37. The normalized spacial score (nSPS) is 10.9. The molecule has 0 amide bonds. The van der Waals surface area contributed by atoms with Gasteiger partial charge in [-0.15, -0.1) is 0 Å². The van der Waals surface area contributed by atoms with Crippen LogP contribution in [0.1, 0.15) is 19.4 Å². The fourth-order valence-corrected chi connectivity index (χ4v) is 5.68. The molecule has 3 rings (SSSR count). The van der Waals surface area contributed by atoms with Crippen LogP contribution in [0.4, 0.5) is 0 Å². The molecule has 0 bridgehead atoms. The zero-order valence-corrected chi connectivity index (χ0v) is 20.6. The number of ether oxygens (including phenoxy) is 2. The molecule has 0 aliphatic rings. The molecule has 0 atom stereocenters. The molecule has 0 radical (unpaired) electrons. The SMILES string of the molecule is CCOC(=O)CN(CCc1ccc([S+](c2ccccc2)c2ccccc2)cc1)CC(=O)OCC. The summed E-state index contributed by atoms with van der Waals surface area (Å²) in [6.07, 6.45) is 0.712. The maximum atomic E-state index is 12.0. The monoisotopic (exact) mass is 478 g/mol. The van der Waals surface area contributed by atoms with Crippen LogP contribution in [0.5, 0.6) is 0 Å². The minimum absolute atomic E-state index is 0.0657. The number of hydrogen-bond acceptors (Lipinski definition) is 5. The van der Waals surface area contributed by atoms with E-state index >= 15 is 0 Å². The summed E-state index contributed by atoms with van der Waals surface area (Å²) in [4.78, 5) is 29.5. The molecule has 5 nitrogen and oxygen atoms in total. The van der Waals surface area contributed by atoms with Gasteiger partial charge in [0.05, 0.1) is 37.2 Å². The first-order valence-corrected chi connectivity index (χ1v) is 12.8. The lowest BCUT2D eigenvalue weighted by Gasteiger charge is -2.20. The highest BCUT2D eigenvalue weighted by atomic mass is 32.2. The Morgan fingerprint density at radius 1 is 0.676 bits per heavy atom. The third-order valence-electron chi connectivity index (χ3n) is 5.15. The molecule has 0 fully saturated rings. The topological polar surface area (TPSA) is 55.8 Å². The molecule has 0 aliphatic carbocycles. The Balaban J connectivity index is 1.72. The van der Waals surface area contributed by atoms with Crippen LogP contribution >= 0.6 is 0 Å². The van der Waals surface area contributed by atoms with Crippen molar-refractivity contribution in [1.29, 1.82) is 0 Å². The van der Waals surface area contributed by atoms with Gasteiger partial charge < -0.3 is 9.47 Å². The summed E-state index contributed by atoms with van der Waals surface area (Å²) >= 11 is 0. The van der Waals surface area contributed by atoms with E-state index in [-0.39, 0.29) is 35.9 Å². The summed E-state index contributed by atoms with van der Waals surface area (Å²) in [5.74, 6) is -0.672. The first-order valence-electron chi connectivity index (χ1n) is 11.6. The summed E-state index contributed by atoms with van der Waals surface area (Å²) < 4.78 is 10.1. The van der Waals surface area contributed by atoms with Gasteiger partial charge in [0, 0.05) is 6.54 Å². The molecule has 0 aromatic heterocycles. The quantitative estimate of drug-likeness (QED) is 0.278. The van der Waals surface area contributed by atoms with Gasteiger partial charge in [-0.05, 0) is 62.2 Å². The highest BCUT2D eigenvalue weighted by molar-refractivity contribution is 7.97. The number of hydrogen-bond donors (Lipinski definition) is 0. The van der Waals surface area contributed by atoms with Crippen LogP contribution < -0.4 is 0 Å². The maximum Gasteiger partial charge on any atom is 0.320 e. The van der Waals surface area contributed by atoms with Gasteiger partial charge in [-0.2, -0.15) is 0 Å². The van der Waals surface area contributed by atoms with Crippen molar-refractivity contribution in [3.8, 4) is 0 Å². The molecule has 0 spiro atoms. The summed E-state index contributed by atoms with van der Waals surface area (Å²) in [6.45, 7) is 4.87. The molecule has 0 heterocycles. The summed E-state index contributed by atoms with van der Waals surface area (Å²) in [5, 5.41) is 0. The number of nitrogens with zero attached hydrogens (tertiary/aromatic N) is 1. The van der Waals surface area contributed by atoms with E-state index in [1.165, 1.54) is 14.7 Å². The number of esters is 2. The molecule has 3 aromatic rings. The fourth-order valence-electron chi connectivity index (χ4n) is 3.59. The minimum Gasteiger partial charge on any atom is -0.465 e. The Morgan fingerprint density at radius 2 is 1.12 bits per heavy atom. The predicted molar refractivity (Wildman–Crippen MR) is 135 cm³/mol. The van der Waals surface area contributed by atoms with E-state index in [4.69, 9.17) is 9.47 Å². The third-order valence-corrected chi connectivity index (χ3v) is 7.38. The van der Waals surface area contributed by atoms with Gasteiger partial charge in [0.15, 0.2) is 14.7 Å². The Labute approximate surface area is 205 Å². The smallest absolute Gasteiger partial charge is 0.320 e. The molecule has 0 unspecified atom stereocenters. The molecular weight excluding hydrogens is 446 g/mol. The van der Waals surface area contributed by atoms with E-state index in [0.717, 1.165) is 5.56 Å². The summed E-state index contributed by atoms with van der Waals surface area (Å²) in [7, 11) is -0.189. The van der Waals surface area contributed by atoms with E-state index < -0.39 is 0 Å². The van der Waals surface area contributed by atoms with Crippen molar-refractivity contribution >= 4 is 22.8 Å². The average molecular weight is 479 g/mol. The highest BCUT2D eigenvalue weighted by Gasteiger charge is 2.28. The van der Waals surface area contributed by atoms with Crippen LogP contribution in [-0.4, -0.2) is 49.7 Å². The van der Waals surface area contributed by atoms with Crippen molar-refractivity contribution in [3.63, 3.8) is 0 Å². The molecule has 0 saturated heterocycles. The number of rotatable bonds is 12. The van der Waals surface area contributed by atoms with Crippen LogP contribution in [0.2, 0.25) is 0 Å². The number of benzene rings is 3. The molecule has 3 aromatic carbocycles. The standard InChI is InChI=1S/C28H32NO4S/c1-3-32-27(30)21-29(22-28(31)33-4-2)20-19-23-15-17-26(18-16-23)34(24-11-7-5-8-12-24)25-13-9-6-10-14-25/h5-18H,3-4,19-22H2,1-2H3/q+1. The molecular formula is C28H32NO4S+. The van der Waals surface area contributed by atoms with Crippen molar-refractivity contribution in [2.24, 2.45) is 0 Å². The van der Waals surface area contributed by atoms with Gasteiger partial charge in [0.25, 0.3) is 0 Å². The van der Waals surface area contributed by atoms with Crippen molar-refractivity contribution in [2.75, 3.05) is 32.8 Å². The maximum absolute atomic E-state index is 12.0. The largest absolute Gasteiger partial charge is 0.465 e. The molecule has 0 N–H and O–H groups in total. The zero-order chi connectivity index (χ0) is 24.2. The van der Waals surface area contributed by atoms with E-state index in [1.807, 2.05) is 12.1 Å². The van der Waals surface area contributed by atoms with Gasteiger partial charge in [0.2, 0.25) is 0 Å². The Morgan fingerprint density at radius 3 is 1.56 bits per heavy atom. The van der Waals surface area contributed by atoms with Gasteiger partial charge in [-0.25, -0.2) is 0 Å². The number of carbonyl (C=O) groups is 2. The van der Waals surface area contributed by atoms with E-state index in [1.54, 1.807) is 18.7 Å². The molecule has 0 aliphatic heterocycles. The fraction of sp³-hybridized carbons (Fsp3) is 0.286. The number of carbonyl (C=O) groups excluding carboxylic acids is 2. The van der Waals surface area contributed by atoms with E-state index in [2.05, 4.69) is 72.8 Å². The van der Waals surface area contributed by atoms with Crippen molar-refractivity contribution in [2.45, 2.75) is 35.0 Å². The minimum atomic E-state index is -0.336. The van der Waals surface area contributed by atoms with Crippen molar-refractivity contribution in [3.05, 3.63) is 90.5 Å². The highest BCUT2D eigenvalue weighted by Crippen LogP contribution is 2.31. The summed E-state index contributed by atoms with van der Waals surface area (Å²) in [6, 6.07) is 29.7. The molecule has 6 heteroatoms. The molecule has 34 heavy (non-hydrogen) atoms. The van der Waals surface area contributed by atoms with Gasteiger partial charge in [0.1, 0.15) is 0 Å². The second kappa shape index (κ2) is 13.6. The van der Waals surface area contributed by atoms with Crippen LogP contribution in [0.25, 0.3) is 0 Å². The van der Waals surface area contributed by atoms with Gasteiger partial charge in [-0.1, -0.05) is 48.5 Å². The van der Waals surface area contributed by atoms with Crippen LogP contribution in [0, 0.1) is 0 Å². The second-order valence-corrected chi connectivity index (χ2v) is 9.67. The van der Waals surface area contributed by atoms with Gasteiger partial charge >= 0.3 is 11.9 Å². The van der Waals surface area contributed by atoms with Crippen molar-refractivity contribution < 1.29 is 19.1 Å². The van der Waals surface area contributed by atoms with Crippen LogP contribution in [-0.2, 0) is 36.4 Å². The second-order valence-electron chi connectivity index (χ2n) is 7.65. The van der Waals surface area contributed by atoms with E-state index in [0.29, 0.717) is 26.2 Å². The predicted octanol–water partition coefficient (Wildman–Crippen LogP) is 4.75. The van der Waals surface area contributed by atoms with E-state index in [9.17, 15) is 9.59 Å². The summed E-state index contributed by atoms with van der Waals surface area (Å²) in [5.41, 5.74) is 1.14.